The number of nitrogens with zero attached hydrogens (tertiary/aromatic N) is 4. The van der Waals surface area contributed by atoms with Crippen molar-refractivity contribution in [3.05, 3.63) is 83.3 Å². The van der Waals surface area contributed by atoms with Crippen LogP contribution in [0.5, 0.6) is 5.75 Å². The Balaban J connectivity index is 1.24. The first-order valence-electron chi connectivity index (χ1n) is 14.2. The third-order valence-corrected chi connectivity index (χ3v) is 7.35. The van der Waals surface area contributed by atoms with Crippen LogP contribution < -0.4 is 20.3 Å². The van der Waals surface area contributed by atoms with Gasteiger partial charge in [-0.25, -0.2) is 9.97 Å². The molecule has 42 heavy (non-hydrogen) atoms. The number of benzene rings is 2. The molecule has 5 rings (SSSR count). The normalized spacial score (nSPS) is 14.9. The standard InChI is InChI=1S/C31H35F3N6O2/c1-21-18-27-30(36-19-21)40(20-23-4-10-26(11-5-23)42-31(32,33)34)28(38-27)12-13-29(41)37-22(2)24-6-8-25(9-7-24)39-16-3-14-35-15-17-39/h4-11,18-19,22,35H,3,12-17,20H2,1-2H3,(H,37,41). The SMILES string of the molecule is Cc1cnc2c(c1)nc(CCC(=O)NC(C)c1ccc(N3CCCNCC3)cc1)n2Cc1ccc(OC(F)(F)F)cc1. The average Bonchev–Trinajstić information content (AvgIpc) is 3.10. The summed E-state index contributed by atoms with van der Waals surface area (Å²) < 4.78 is 43.5. The van der Waals surface area contributed by atoms with Crippen LogP contribution in [0.2, 0.25) is 0 Å². The molecule has 2 aromatic heterocycles. The minimum atomic E-state index is -4.75. The predicted molar refractivity (Wildman–Crippen MR) is 156 cm³/mol. The first-order chi connectivity index (χ1) is 20.1. The van der Waals surface area contributed by atoms with Crippen molar-refractivity contribution in [1.82, 2.24) is 25.2 Å². The molecule has 1 aliphatic rings. The summed E-state index contributed by atoms with van der Waals surface area (Å²) in [5, 5.41) is 6.51. The van der Waals surface area contributed by atoms with Crippen LogP contribution in [0.15, 0.2) is 60.8 Å². The molecule has 11 heteroatoms. The van der Waals surface area contributed by atoms with E-state index in [1.165, 1.54) is 17.8 Å². The summed E-state index contributed by atoms with van der Waals surface area (Å²) in [5.41, 5.74) is 5.29. The number of hydrogen-bond donors (Lipinski definition) is 2. The zero-order valence-electron chi connectivity index (χ0n) is 23.7. The van der Waals surface area contributed by atoms with E-state index in [0.717, 1.165) is 49.3 Å². The number of aryl methyl sites for hydroxylation is 2. The van der Waals surface area contributed by atoms with Crippen LogP contribution in [0, 0.1) is 6.92 Å². The van der Waals surface area contributed by atoms with Crippen LogP contribution in [-0.2, 0) is 17.8 Å². The Morgan fingerprint density at radius 2 is 1.86 bits per heavy atom. The molecule has 0 radical (unpaired) electrons. The maximum atomic E-state index is 13.0. The lowest BCUT2D eigenvalue weighted by atomic mass is 10.1. The van der Waals surface area contributed by atoms with Gasteiger partial charge in [0.1, 0.15) is 17.1 Å². The van der Waals surface area contributed by atoms with E-state index in [9.17, 15) is 18.0 Å². The molecule has 2 N–H and O–H groups in total. The summed E-state index contributed by atoms with van der Waals surface area (Å²) in [6, 6.07) is 15.9. The molecule has 2 aromatic carbocycles. The summed E-state index contributed by atoms with van der Waals surface area (Å²) in [5.74, 6) is 0.301. The van der Waals surface area contributed by atoms with Crippen LogP contribution in [0.25, 0.3) is 11.2 Å². The Labute approximate surface area is 242 Å². The molecule has 222 valence electrons. The maximum absolute atomic E-state index is 13.0. The number of carbonyl (C=O) groups excluding carboxylic acids is 1. The molecule has 0 bridgehead atoms. The number of alkyl halides is 3. The minimum Gasteiger partial charge on any atom is -0.406 e. The molecule has 1 amide bonds. The van der Waals surface area contributed by atoms with Gasteiger partial charge in [-0.2, -0.15) is 0 Å². The highest BCUT2D eigenvalue weighted by atomic mass is 19.4. The van der Waals surface area contributed by atoms with Crippen molar-refractivity contribution >= 4 is 22.8 Å². The fraction of sp³-hybridized carbons (Fsp3) is 0.387. The number of pyridine rings is 1. The quantitative estimate of drug-likeness (QED) is 0.280. The van der Waals surface area contributed by atoms with Crippen molar-refractivity contribution in [3.8, 4) is 5.75 Å². The van der Waals surface area contributed by atoms with Crippen molar-refractivity contribution in [1.29, 1.82) is 0 Å². The van der Waals surface area contributed by atoms with E-state index in [1.807, 2.05) is 24.5 Å². The zero-order valence-corrected chi connectivity index (χ0v) is 23.7. The Bertz CT molecular complexity index is 1490. The lowest BCUT2D eigenvalue weighted by Gasteiger charge is -2.23. The van der Waals surface area contributed by atoms with Crippen molar-refractivity contribution in [2.45, 2.75) is 52.1 Å². The van der Waals surface area contributed by atoms with E-state index in [-0.39, 0.29) is 24.1 Å². The highest BCUT2D eigenvalue weighted by Crippen LogP contribution is 2.25. The topological polar surface area (TPSA) is 84.3 Å². The Morgan fingerprint density at radius 3 is 2.60 bits per heavy atom. The third-order valence-electron chi connectivity index (χ3n) is 7.35. The van der Waals surface area contributed by atoms with Gasteiger partial charge in [-0.1, -0.05) is 24.3 Å². The van der Waals surface area contributed by atoms with Gasteiger partial charge in [0, 0.05) is 44.4 Å². The van der Waals surface area contributed by atoms with Gasteiger partial charge in [-0.05, 0) is 73.8 Å². The van der Waals surface area contributed by atoms with Crippen molar-refractivity contribution in [3.63, 3.8) is 0 Å². The molecule has 0 spiro atoms. The smallest absolute Gasteiger partial charge is 0.406 e. The largest absolute Gasteiger partial charge is 0.573 e. The second-order valence-corrected chi connectivity index (χ2v) is 10.6. The first-order valence-corrected chi connectivity index (χ1v) is 14.2. The van der Waals surface area contributed by atoms with Crippen LogP contribution in [0.1, 0.15) is 48.3 Å². The Hall–Kier alpha value is -4.12. The highest BCUT2D eigenvalue weighted by Gasteiger charge is 2.31. The Kier molecular flexibility index (Phi) is 8.96. The van der Waals surface area contributed by atoms with Gasteiger partial charge in [0.15, 0.2) is 5.65 Å². The van der Waals surface area contributed by atoms with Gasteiger partial charge in [0.05, 0.1) is 12.6 Å². The number of anilines is 1. The number of aromatic nitrogens is 3. The van der Waals surface area contributed by atoms with Crippen molar-refractivity contribution in [2.24, 2.45) is 0 Å². The molecule has 3 heterocycles. The van der Waals surface area contributed by atoms with Gasteiger partial charge in [0.2, 0.25) is 5.91 Å². The molecule has 0 aliphatic carbocycles. The fourth-order valence-corrected chi connectivity index (χ4v) is 5.19. The summed E-state index contributed by atoms with van der Waals surface area (Å²) >= 11 is 0. The average molecular weight is 581 g/mol. The van der Waals surface area contributed by atoms with Gasteiger partial charge in [-0.15, -0.1) is 13.2 Å². The molecule has 1 unspecified atom stereocenters. The number of amides is 1. The van der Waals surface area contributed by atoms with E-state index in [1.54, 1.807) is 18.3 Å². The summed E-state index contributed by atoms with van der Waals surface area (Å²) in [4.78, 5) is 24.6. The number of fused-ring (bicyclic) bond motifs is 1. The summed E-state index contributed by atoms with van der Waals surface area (Å²) in [7, 11) is 0. The number of rotatable bonds is 9. The number of halogens is 3. The second-order valence-electron chi connectivity index (χ2n) is 10.6. The monoisotopic (exact) mass is 580 g/mol. The van der Waals surface area contributed by atoms with Crippen LogP contribution in [0.3, 0.4) is 0 Å². The summed E-state index contributed by atoms with van der Waals surface area (Å²) in [6.07, 6.45) is -1.28. The van der Waals surface area contributed by atoms with Crippen molar-refractivity contribution in [2.75, 3.05) is 31.1 Å². The maximum Gasteiger partial charge on any atom is 0.573 e. The van der Waals surface area contributed by atoms with Crippen molar-refractivity contribution < 1.29 is 22.7 Å². The lowest BCUT2D eigenvalue weighted by Crippen LogP contribution is -2.28. The van der Waals surface area contributed by atoms with Crippen LogP contribution >= 0.6 is 0 Å². The molecular formula is C31H35F3N6O2. The summed E-state index contributed by atoms with van der Waals surface area (Å²) in [6.45, 7) is 8.25. The molecule has 1 atom stereocenters. The molecule has 8 nitrogen and oxygen atoms in total. The number of nitrogens with one attached hydrogen (secondary N) is 2. The number of imidazole rings is 1. The number of carbonyl (C=O) groups is 1. The molecule has 0 saturated carbocycles. The van der Waals surface area contributed by atoms with Gasteiger partial charge < -0.3 is 24.8 Å². The third kappa shape index (κ3) is 7.58. The van der Waals surface area contributed by atoms with Gasteiger partial charge >= 0.3 is 6.36 Å². The number of hydrogen-bond acceptors (Lipinski definition) is 6. The first kappa shape index (κ1) is 29.4. The lowest BCUT2D eigenvalue weighted by molar-refractivity contribution is -0.274. The Morgan fingerprint density at radius 1 is 1.10 bits per heavy atom. The van der Waals surface area contributed by atoms with E-state index in [0.29, 0.717) is 30.0 Å². The second kappa shape index (κ2) is 12.8. The highest BCUT2D eigenvalue weighted by molar-refractivity contribution is 5.77. The molecule has 1 saturated heterocycles. The molecule has 4 aromatic rings. The zero-order chi connectivity index (χ0) is 29.7. The molecule has 1 fully saturated rings. The van der Waals surface area contributed by atoms with Crippen LogP contribution in [0.4, 0.5) is 18.9 Å². The molecular weight excluding hydrogens is 545 g/mol. The van der Waals surface area contributed by atoms with E-state index < -0.39 is 6.36 Å². The van der Waals surface area contributed by atoms with E-state index >= 15 is 0 Å². The number of ether oxygens (including phenoxy) is 1. The predicted octanol–water partition coefficient (Wildman–Crippen LogP) is 5.30. The minimum absolute atomic E-state index is 0.0958. The van der Waals surface area contributed by atoms with Gasteiger partial charge in [0.25, 0.3) is 0 Å². The van der Waals surface area contributed by atoms with E-state index in [2.05, 4.69) is 49.5 Å². The molecule has 1 aliphatic heterocycles. The fourth-order valence-electron chi connectivity index (χ4n) is 5.19. The van der Waals surface area contributed by atoms with E-state index in [4.69, 9.17) is 4.98 Å². The van der Waals surface area contributed by atoms with Gasteiger partial charge in [-0.3, -0.25) is 4.79 Å². The van der Waals surface area contributed by atoms with Crippen LogP contribution in [-0.4, -0.2) is 53.0 Å².